The van der Waals surface area contributed by atoms with Crippen LogP contribution in [-0.4, -0.2) is 25.2 Å². The van der Waals surface area contributed by atoms with Gasteiger partial charge in [0.05, 0.1) is 13.2 Å². The van der Waals surface area contributed by atoms with Crippen molar-refractivity contribution in [1.29, 1.82) is 0 Å². The highest BCUT2D eigenvalue weighted by Crippen LogP contribution is 2.37. The Morgan fingerprint density at radius 3 is 1.88 bits per heavy atom. The zero-order chi connectivity index (χ0) is 12.8. The smallest absolute Gasteiger partial charge is 0.320 e. The molecular weight excluding hydrogens is 220 g/mol. The first-order valence-electron chi connectivity index (χ1n) is 6.45. The van der Waals surface area contributed by atoms with Crippen LogP contribution in [0.1, 0.15) is 40.0 Å². The van der Waals surface area contributed by atoms with Crippen molar-refractivity contribution < 1.29 is 19.1 Å². The predicted molar refractivity (Wildman–Crippen MR) is 63.3 cm³/mol. The second-order valence-electron chi connectivity index (χ2n) is 4.53. The molecule has 1 aliphatic carbocycles. The highest BCUT2D eigenvalue weighted by atomic mass is 16.6. The van der Waals surface area contributed by atoms with Gasteiger partial charge in [0.1, 0.15) is 0 Å². The minimum Gasteiger partial charge on any atom is -0.465 e. The number of ether oxygens (including phenoxy) is 2. The Morgan fingerprint density at radius 1 is 1.12 bits per heavy atom. The van der Waals surface area contributed by atoms with Crippen LogP contribution in [0.2, 0.25) is 0 Å². The Kier molecular flexibility index (Phi) is 5.45. The van der Waals surface area contributed by atoms with Gasteiger partial charge in [-0.25, -0.2) is 0 Å². The molecule has 0 bridgehead atoms. The molecule has 0 unspecified atom stereocenters. The second-order valence-corrected chi connectivity index (χ2v) is 4.53. The van der Waals surface area contributed by atoms with E-state index in [1.165, 1.54) is 6.42 Å². The summed E-state index contributed by atoms with van der Waals surface area (Å²) in [6.45, 7) is 6.03. The minimum atomic E-state index is -0.750. The molecule has 98 valence electrons. The van der Waals surface area contributed by atoms with Crippen LogP contribution in [0.3, 0.4) is 0 Å². The SMILES string of the molecule is CCOC(=O)C(C(=O)OCC)[C@H](C)C1CCC1. The van der Waals surface area contributed by atoms with Gasteiger partial charge in [0.2, 0.25) is 0 Å². The fourth-order valence-corrected chi connectivity index (χ4v) is 2.23. The summed E-state index contributed by atoms with van der Waals surface area (Å²) in [5, 5.41) is 0. The van der Waals surface area contributed by atoms with Gasteiger partial charge in [0, 0.05) is 0 Å². The summed E-state index contributed by atoms with van der Waals surface area (Å²) in [4.78, 5) is 23.6. The highest BCUT2D eigenvalue weighted by Gasteiger charge is 2.40. The monoisotopic (exact) mass is 242 g/mol. The van der Waals surface area contributed by atoms with Crippen molar-refractivity contribution >= 4 is 11.9 Å². The molecule has 0 amide bonds. The predicted octanol–water partition coefficient (Wildman–Crippen LogP) is 2.17. The van der Waals surface area contributed by atoms with Gasteiger partial charge in [-0.15, -0.1) is 0 Å². The summed E-state index contributed by atoms with van der Waals surface area (Å²) in [5.41, 5.74) is 0. The Labute approximate surface area is 103 Å². The fraction of sp³-hybridized carbons (Fsp3) is 0.846. The third kappa shape index (κ3) is 3.45. The average molecular weight is 242 g/mol. The van der Waals surface area contributed by atoms with Crippen LogP contribution in [0.15, 0.2) is 0 Å². The molecule has 0 aromatic carbocycles. The van der Waals surface area contributed by atoms with E-state index in [0.717, 1.165) is 12.8 Å². The Hall–Kier alpha value is -1.06. The maximum atomic E-state index is 11.8. The van der Waals surface area contributed by atoms with Crippen LogP contribution in [0, 0.1) is 17.8 Å². The van der Waals surface area contributed by atoms with Crippen molar-refractivity contribution in [3.8, 4) is 0 Å². The summed E-state index contributed by atoms with van der Waals surface area (Å²) >= 11 is 0. The third-order valence-electron chi connectivity index (χ3n) is 3.50. The van der Waals surface area contributed by atoms with Gasteiger partial charge in [-0.1, -0.05) is 26.2 Å². The highest BCUT2D eigenvalue weighted by molar-refractivity contribution is 5.95. The van der Waals surface area contributed by atoms with E-state index in [-0.39, 0.29) is 5.92 Å². The first-order chi connectivity index (χ1) is 8.11. The lowest BCUT2D eigenvalue weighted by atomic mass is 9.71. The molecule has 1 saturated carbocycles. The van der Waals surface area contributed by atoms with Crippen molar-refractivity contribution in [2.24, 2.45) is 17.8 Å². The molecule has 0 spiro atoms. The van der Waals surface area contributed by atoms with Crippen LogP contribution in [0.5, 0.6) is 0 Å². The van der Waals surface area contributed by atoms with E-state index in [1.807, 2.05) is 6.92 Å². The van der Waals surface area contributed by atoms with Crippen molar-refractivity contribution in [1.82, 2.24) is 0 Å². The molecule has 0 N–H and O–H groups in total. The molecule has 1 atom stereocenters. The topological polar surface area (TPSA) is 52.6 Å². The first-order valence-corrected chi connectivity index (χ1v) is 6.45. The molecule has 0 aliphatic heterocycles. The Bertz CT molecular complexity index is 253. The molecule has 0 radical (unpaired) electrons. The fourth-order valence-electron chi connectivity index (χ4n) is 2.23. The lowest BCUT2D eigenvalue weighted by Crippen LogP contribution is -2.38. The van der Waals surface area contributed by atoms with Gasteiger partial charge in [-0.05, 0) is 25.7 Å². The Balaban J connectivity index is 2.69. The van der Waals surface area contributed by atoms with Gasteiger partial charge in [0.25, 0.3) is 0 Å². The van der Waals surface area contributed by atoms with Crippen molar-refractivity contribution in [2.75, 3.05) is 13.2 Å². The first kappa shape index (κ1) is 14.0. The summed E-state index contributed by atoms with van der Waals surface area (Å²) < 4.78 is 9.94. The quantitative estimate of drug-likeness (QED) is 0.529. The van der Waals surface area contributed by atoms with Gasteiger partial charge >= 0.3 is 11.9 Å². The molecule has 1 rings (SSSR count). The van der Waals surface area contributed by atoms with Crippen LogP contribution >= 0.6 is 0 Å². The zero-order valence-corrected chi connectivity index (χ0v) is 10.9. The summed E-state index contributed by atoms with van der Waals surface area (Å²) in [6.07, 6.45) is 3.38. The molecule has 0 aromatic rings. The van der Waals surface area contributed by atoms with E-state index < -0.39 is 17.9 Å². The summed E-state index contributed by atoms with van der Waals surface area (Å²) in [5.74, 6) is -1.16. The lowest BCUT2D eigenvalue weighted by molar-refractivity contribution is -0.165. The van der Waals surface area contributed by atoms with Crippen molar-refractivity contribution in [3.05, 3.63) is 0 Å². The third-order valence-corrected chi connectivity index (χ3v) is 3.50. The molecule has 0 aromatic heterocycles. The number of rotatable bonds is 6. The maximum Gasteiger partial charge on any atom is 0.320 e. The van der Waals surface area contributed by atoms with E-state index in [9.17, 15) is 9.59 Å². The molecular formula is C13H22O4. The molecule has 0 heterocycles. The number of hydrogen-bond donors (Lipinski definition) is 0. The number of hydrogen-bond acceptors (Lipinski definition) is 4. The summed E-state index contributed by atoms with van der Waals surface area (Å²) in [7, 11) is 0. The van der Waals surface area contributed by atoms with Crippen LogP contribution < -0.4 is 0 Å². The van der Waals surface area contributed by atoms with E-state index in [4.69, 9.17) is 9.47 Å². The summed E-state index contributed by atoms with van der Waals surface area (Å²) in [6, 6.07) is 0. The van der Waals surface area contributed by atoms with Crippen LogP contribution in [0.25, 0.3) is 0 Å². The number of carbonyl (C=O) groups is 2. The van der Waals surface area contributed by atoms with Crippen LogP contribution in [0.4, 0.5) is 0 Å². The number of carbonyl (C=O) groups excluding carboxylic acids is 2. The van der Waals surface area contributed by atoms with E-state index in [0.29, 0.717) is 19.1 Å². The number of esters is 2. The molecule has 0 saturated heterocycles. The molecule has 1 aliphatic rings. The normalized spacial score (nSPS) is 17.4. The van der Waals surface area contributed by atoms with Crippen molar-refractivity contribution in [2.45, 2.75) is 40.0 Å². The maximum absolute atomic E-state index is 11.8. The largest absolute Gasteiger partial charge is 0.465 e. The van der Waals surface area contributed by atoms with E-state index >= 15 is 0 Å². The molecule has 4 heteroatoms. The van der Waals surface area contributed by atoms with Gasteiger partial charge in [0.15, 0.2) is 5.92 Å². The molecule has 1 fully saturated rings. The van der Waals surface area contributed by atoms with Crippen molar-refractivity contribution in [3.63, 3.8) is 0 Å². The molecule has 4 nitrogen and oxygen atoms in total. The Morgan fingerprint density at radius 2 is 1.59 bits per heavy atom. The standard InChI is InChI=1S/C13H22O4/c1-4-16-12(14)11(13(15)17-5-2)9(3)10-7-6-8-10/h9-11H,4-8H2,1-3H3/t9-/m1/s1. The van der Waals surface area contributed by atoms with E-state index in [1.54, 1.807) is 13.8 Å². The van der Waals surface area contributed by atoms with E-state index in [2.05, 4.69) is 0 Å². The van der Waals surface area contributed by atoms with Gasteiger partial charge in [-0.3, -0.25) is 9.59 Å². The zero-order valence-electron chi connectivity index (χ0n) is 10.9. The molecule has 17 heavy (non-hydrogen) atoms. The van der Waals surface area contributed by atoms with Gasteiger partial charge < -0.3 is 9.47 Å². The van der Waals surface area contributed by atoms with Gasteiger partial charge in [-0.2, -0.15) is 0 Å². The average Bonchev–Trinajstić information content (AvgIpc) is 2.15. The minimum absolute atomic E-state index is 0.0156. The van der Waals surface area contributed by atoms with Crippen LogP contribution in [-0.2, 0) is 19.1 Å². The lowest BCUT2D eigenvalue weighted by Gasteiger charge is -2.34. The second kappa shape index (κ2) is 6.62.